The summed E-state index contributed by atoms with van der Waals surface area (Å²) < 4.78 is 22.5. The van der Waals surface area contributed by atoms with Crippen molar-refractivity contribution in [2.75, 3.05) is 27.9 Å². The smallest absolute Gasteiger partial charge is 0.161 e. The van der Waals surface area contributed by atoms with Crippen LogP contribution in [0.2, 0.25) is 0 Å². The summed E-state index contributed by atoms with van der Waals surface area (Å²) in [7, 11) is 5.05. The second-order valence-electron chi connectivity index (χ2n) is 7.70. The first-order chi connectivity index (χ1) is 15.2. The highest BCUT2D eigenvalue weighted by molar-refractivity contribution is 5.48. The molecule has 0 N–H and O–H groups in total. The molecular weight excluding hydrogens is 390 g/mol. The Hall–Kier alpha value is -3.18. The van der Waals surface area contributed by atoms with Crippen molar-refractivity contribution >= 4 is 0 Å². The van der Waals surface area contributed by atoms with Crippen LogP contribution < -0.4 is 18.9 Å². The fourth-order valence-electron chi connectivity index (χ4n) is 4.00. The van der Waals surface area contributed by atoms with Crippen molar-refractivity contribution in [1.82, 2.24) is 4.90 Å². The monoisotopic (exact) mass is 419 g/mol. The van der Waals surface area contributed by atoms with Gasteiger partial charge in [-0.15, -0.1) is 0 Å². The number of methoxy groups -OCH3 is 3. The van der Waals surface area contributed by atoms with Crippen LogP contribution in [0.4, 0.5) is 0 Å². The zero-order chi connectivity index (χ0) is 21.6. The number of ether oxygens (including phenoxy) is 4. The standard InChI is InChI=1S/C26H29NO4/c1-28-24-13-20(9-10-23(24)31-18-19-7-5-4-6-8-19)16-27-12-11-21-14-25(29-2)26(30-3)15-22(21)17-27/h4-10,13-15H,11-12,16-18H2,1-3H3. The molecule has 3 aromatic rings. The lowest BCUT2D eigenvalue weighted by molar-refractivity contribution is 0.243. The predicted molar refractivity (Wildman–Crippen MR) is 121 cm³/mol. The summed E-state index contributed by atoms with van der Waals surface area (Å²) in [6.45, 7) is 3.25. The molecule has 5 nitrogen and oxygen atoms in total. The van der Waals surface area contributed by atoms with E-state index in [0.29, 0.717) is 6.61 Å². The maximum absolute atomic E-state index is 5.99. The molecule has 0 bridgehead atoms. The molecule has 1 heterocycles. The highest BCUT2D eigenvalue weighted by Gasteiger charge is 2.20. The molecule has 1 aliphatic heterocycles. The number of fused-ring (bicyclic) bond motifs is 1. The molecule has 0 radical (unpaired) electrons. The van der Waals surface area contributed by atoms with Gasteiger partial charge >= 0.3 is 0 Å². The zero-order valence-electron chi connectivity index (χ0n) is 18.4. The van der Waals surface area contributed by atoms with Crippen LogP contribution in [-0.2, 0) is 26.1 Å². The Morgan fingerprint density at radius 1 is 0.710 bits per heavy atom. The van der Waals surface area contributed by atoms with Crippen molar-refractivity contribution in [3.05, 3.63) is 82.9 Å². The molecule has 0 atom stereocenters. The van der Waals surface area contributed by atoms with Gasteiger partial charge in [0.2, 0.25) is 0 Å². The van der Waals surface area contributed by atoms with Gasteiger partial charge in [-0.3, -0.25) is 4.90 Å². The molecule has 0 spiro atoms. The molecular formula is C26H29NO4. The van der Waals surface area contributed by atoms with Gasteiger partial charge in [0.05, 0.1) is 21.3 Å². The average molecular weight is 420 g/mol. The van der Waals surface area contributed by atoms with Crippen LogP contribution >= 0.6 is 0 Å². The normalized spacial score (nSPS) is 13.4. The van der Waals surface area contributed by atoms with Gasteiger partial charge in [-0.25, -0.2) is 0 Å². The summed E-state index contributed by atoms with van der Waals surface area (Å²) in [6.07, 6.45) is 0.991. The predicted octanol–water partition coefficient (Wildman–Crippen LogP) is 4.85. The molecule has 1 aliphatic rings. The van der Waals surface area contributed by atoms with Gasteiger partial charge < -0.3 is 18.9 Å². The van der Waals surface area contributed by atoms with E-state index in [1.165, 1.54) is 16.7 Å². The molecule has 5 heteroatoms. The molecule has 0 aromatic heterocycles. The first-order valence-electron chi connectivity index (χ1n) is 10.5. The van der Waals surface area contributed by atoms with E-state index < -0.39 is 0 Å². The Labute approximate surface area is 184 Å². The fourth-order valence-corrected chi connectivity index (χ4v) is 4.00. The lowest BCUT2D eigenvalue weighted by Crippen LogP contribution is -2.30. The van der Waals surface area contributed by atoms with Gasteiger partial charge in [0.15, 0.2) is 23.0 Å². The topological polar surface area (TPSA) is 40.2 Å². The van der Waals surface area contributed by atoms with Gasteiger partial charge in [0, 0.05) is 19.6 Å². The van der Waals surface area contributed by atoms with Crippen LogP contribution in [0.25, 0.3) is 0 Å². The van der Waals surface area contributed by atoms with E-state index in [1.54, 1.807) is 21.3 Å². The summed E-state index contributed by atoms with van der Waals surface area (Å²) in [5.41, 5.74) is 4.95. The summed E-state index contributed by atoms with van der Waals surface area (Å²) in [4.78, 5) is 2.44. The first kappa shape index (κ1) is 21.1. The third kappa shape index (κ3) is 4.94. The van der Waals surface area contributed by atoms with Crippen molar-refractivity contribution in [2.45, 2.75) is 26.1 Å². The SMILES string of the molecule is COc1cc2c(cc1OC)CN(Cc1ccc(OCc3ccccc3)c(OC)c1)CC2. The van der Waals surface area contributed by atoms with Crippen LogP contribution in [0.3, 0.4) is 0 Å². The second-order valence-corrected chi connectivity index (χ2v) is 7.70. The molecule has 4 rings (SSSR count). The summed E-state index contributed by atoms with van der Waals surface area (Å²) >= 11 is 0. The van der Waals surface area contributed by atoms with Crippen LogP contribution in [0, 0.1) is 0 Å². The Kier molecular flexibility index (Phi) is 6.63. The van der Waals surface area contributed by atoms with Crippen LogP contribution in [0.1, 0.15) is 22.3 Å². The second kappa shape index (κ2) is 9.75. The molecule has 0 saturated heterocycles. The number of hydrogen-bond acceptors (Lipinski definition) is 5. The van der Waals surface area contributed by atoms with Gasteiger partial charge in [-0.05, 0) is 52.9 Å². The van der Waals surface area contributed by atoms with Gasteiger partial charge in [-0.2, -0.15) is 0 Å². The minimum absolute atomic E-state index is 0.519. The fraction of sp³-hybridized carbons (Fsp3) is 0.308. The zero-order valence-corrected chi connectivity index (χ0v) is 18.4. The highest BCUT2D eigenvalue weighted by Crippen LogP contribution is 2.34. The largest absolute Gasteiger partial charge is 0.493 e. The lowest BCUT2D eigenvalue weighted by atomic mass is 9.98. The van der Waals surface area contributed by atoms with Gasteiger partial charge in [0.1, 0.15) is 6.61 Å². The third-order valence-corrected chi connectivity index (χ3v) is 5.67. The lowest BCUT2D eigenvalue weighted by Gasteiger charge is -2.29. The van der Waals surface area contributed by atoms with E-state index in [2.05, 4.69) is 41.3 Å². The van der Waals surface area contributed by atoms with E-state index in [4.69, 9.17) is 18.9 Å². The third-order valence-electron chi connectivity index (χ3n) is 5.67. The van der Waals surface area contributed by atoms with E-state index in [9.17, 15) is 0 Å². The van der Waals surface area contributed by atoms with Crippen LogP contribution in [-0.4, -0.2) is 32.8 Å². The quantitative estimate of drug-likeness (QED) is 0.522. The van der Waals surface area contributed by atoms with Crippen molar-refractivity contribution in [3.63, 3.8) is 0 Å². The van der Waals surface area contributed by atoms with Crippen LogP contribution in [0.5, 0.6) is 23.0 Å². The summed E-state index contributed by atoms with van der Waals surface area (Å²) in [5.74, 6) is 3.10. The average Bonchev–Trinajstić information content (AvgIpc) is 2.82. The molecule has 0 amide bonds. The molecule has 162 valence electrons. The van der Waals surface area contributed by atoms with Crippen molar-refractivity contribution in [2.24, 2.45) is 0 Å². The minimum Gasteiger partial charge on any atom is -0.493 e. The molecule has 0 saturated carbocycles. The van der Waals surface area contributed by atoms with Gasteiger partial charge in [-0.1, -0.05) is 36.4 Å². The van der Waals surface area contributed by atoms with E-state index >= 15 is 0 Å². The summed E-state index contributed by atoms with van der Waals surface area (Å²) in [5, 5.41) is 0. The first-order valence-corrected chi connectivity index (χ1v) is 10.5. The maximum atomic E-state index is 5.99. The Bertz CT molecular complexity index is 1020. The number of benzene rings is 3. The highest BCUT2D eigenvalue weighted by atomic mass is 16.5. The number of hydrogen-bond donors (Lipinski definition) is 0. The Balaban J connectivity index is 1.44. The van der Waals surface area contributed by atoms with E-state index in [-0.39, 0.29) is 0 Å². The van der Waals surface area contributed by atoms with Crippen molar-refractivity contribution in [3.8, 4) is 23.0 Å². The molecule has 0 fully saturated rings. The van der Waals surface area contributed by atoms with E-state index in [1.807, 2.05) is 24.3 Å². The molecule has 0 unspecified atom stereocenters. The molecule has 3 aromatic carbocycles. The van der Waals surface area contributed by atoms with Crippen molar-refractivity contribution in [1.29, 1.82) is 0 Å². The van der Waals surface area contributed by atoms with Gasteiger partial charge in [0.25, 0.3) is 0 Å². The maximum Gasteiger partial charge on any atom is 0.161 e. The minimum atomic E-state index is 0.519. The Morgan fingerprint density at radius 2 is 1.39 bits per heavy atom. The Morgan fingerprint density at radius 3 is 2.10 bits per heavy atom. The summed E-state index contributed by atoms with van der Waals surface area (Å²) in [6, 6.07) is 20.5. The van der Waals surface area contributed by atoms with E-state index in [0.717, 1.165) is 54.6 Å². The van der Waals surface area contributed by atoms with Crippen molar-refractivity contribution < 1.29 is 18.9 Å². The van der Waals surface area contributed by atoms with Crippen LogP contribution in [0.15, 0.2) is 60.7 Å². The number of rotatable bonds is 8. The molecule has 0 aliphatic carbocycles. The number of nitrogens with zero attached hydrogens (tertiary/aromatic N) is 1. The molecule has 31 heavy (non-hydrogen) atoms.